The van der Waals surface area contributed by atoms with Crippen LogP contribution in [-0.2, 0) is 10.8 Å². The van der Waals surface area contributed by atoms with Gasteiger partial charge in [0.2, 0.25) is 0 Å². The van der Waals surface area contributed by atoms with Crippen LogP contribution in [0.25, 0.3) is 0 Å². The highest BCUT2D eigenvalue weighted by Crippen LogP contribution is 2.69. The molecule has 11 rings (SSSR count). The van der Waals surface area contributed by atoms with Gasteiger partial charge < -0.3 is 29.0 Å². The Labute approximate surface area is 272 Å². The highest BCUT2D eigenvalue weighted by Gasteiger charge is 2.74. The minimum Gasteiger partial charge on any atom is -0.392 e. The van der Waals surface area contributed by atoms with E-state index in [0.29, 0.717) is 23.9 Å². The zero-order valence-corrected chi connectivity index (χ0v) is 27.1. The quantitative estimate of drug-likeness (QED) is 0.390. The molecule has 0 unspecified atom stereocenters. The number of rotatable bonds is 2. The predicted octanol–water partition coefficient (Wildman–Crippen LogP) is 4.36. The number of fused-ring (bicyclic) bond motifs is 8. The van der Waals surface area contributed by atoms with E-state index in [2.05, 4.69) is 97.0 Å². The Balaban J connectivity index is 1.24. The van der Waals surface area contributed by atoms with Gasteiger partial charge in [0, 0.05) is 61.3 Å². The van der Waals surface area contributed by atoms with Crippen molar-refractivity contribution in [1.82, 2.24) is 0 Å². The number of aliphatic hydroxyl groups is 2. The van der Waals surface area contributed by atoms with Gasteiger partial charge in [-0.1, -0.05) is 48.6 Å². The van der Waals surface area contributed by atoms with Crippen molar-refractivity contribution in [1.29, 1.82) is 0 Å². The van der Waals surface area contributed by atoms with E-state index in [9.17, 15) is 10.2 Å². The van der Waals surface area contributed by atoms with Crippen molar-refractivity contribution < 1.29 is 19.2 Å². The molecule has 0 amide bonds. The van der Waals surface area contributed by atoms with Gasteiger partial charge in [0.25, 0.3) is 0 Å². The van der Waals surface area contributed by atoms with E-state index in [1.807, 2.05) is 0 Å². The van der Waals surface area contributed by atoms with Crippen LogP contribution in [0.4, 0.5) is 11.4 Å². The third kappa shape index (κ3) is 2.77. The van der Waals surface area contributed by atoms with Gasteiger partial charge in [-0.05, 0) is 45.6 Å². The molecule has 46 heavy (non-hydrogen) atoms. The lowest BCUT2D eigenvalue weighted by Gasteiger charge is -2.58. The van der Waals surface area contributed by atoms with E-state index in [-0.39, 0.29) is 36.1 Å². The summed E-state index contributed by atoms with van der Waals surface area (Å²) in [6, 6.07) is 20.5. The molecule has 2 aromatic carbocycles. The lowest BCUT2D eigenvalue weighted by Crippen LogP contribution is -2.68. The van der Waals surface area contributed by atoms with Crippen LogP contribution >= 0.6 is 0 Å². The minimum atomic E-state index is 0.0790. The standard InChI is InChI=1S/C40H46N4O2/c1-43-15-13-39-31-7-3-5-9-33(31)41-22-30-28-20-36-40(14-16-44(36,2)24-26(28)12-18-46)32-8-4-6-10-34(32)42(38(30)40)21-29(37(39)41)27(19-35(39)43)25(23-43)11-17-45/h3-12,21-22,27-28,35-38,45-46H,13-20,23-24H2,1-2H3/q+2/b25-11+,26-12+,29-21-,30-22-/t27-,28-,35-,36-,37-,38-,39+,40+,43-,44-/m0/s1. The molecule has 2 saturated carbocycles. The molecule has 0 radical (unpaired) electrons. The first-order valence-electron chi connectivity index (χ1n) is 17.8. The molecule has 2 aliphatic carbocycles. The summed E-state index contributed by atoms with van der Waals surface area (Å²) in [6.45, 7) is 4.70. The molecule has 7 aliphatic heterocycles. The first kappa shape index (κ1) is 26.9. The Hall–Kier alpha value is -3.16. The first-order valence-corrected chi connectivity index (χ1v) is 17.8. The van der Waals surface area contributed by atoms with E-state index in [1.54, 1.807) is 22.3 Å². The average molecular weight is 615 g/mol. The molecule has 4 bridgehead atoms. The number of aliphatic hydroxyl groups excluding tert-OH is 2. The van der Waals surface area contributed by atoms with Crippen molar-refractivity contribution in [2.75, 3.05) is 63.3 Å². The molecule has 9 aliphatic rings. The molecule has 236 valence electrons. The van der Waals surface area contributed by atoms with Crippen LogP contribution in [-0.4, -0.2) is 96.8 Å². The van der Waals surface area contributed by atoms with Crippen LogP contribution in [0.15, 0.2) is 95.4 Å². The Bertz CT molecular complexity index is 1730. The van der Waals surface area contributed by atoms with Gasteiger partial charge in [-0.2, -0.15) is 0 Å². The van der Waals surface area contributed by atoms with Crippen LogP contribution in [0.2, 0.25) is 0 Å². The fraction of sp³-hybridized carbons (Fsp3) is 0.500. The van der Waals surface area contributed by atoms with Crippen molar-refractivity contribution in [3.8, 4) is 0 Å². The van der Waals surface area contributed by atoms with Crippen molar-refractivity contribution in [3.05, 3.63) is 107 Å². The monoisotopic (exact) mass is 614 g/mol. The number of hydrogen-bond acceptors (Lipinski definition) is 4. The molecule has 7 heterocycles. The van der Waals surface area contributed by atoms with Gasteiger partial charge in [0.15, 0.2) is 0 Å². The van der Waals surface area contributed by atoms with Crippen molar-refractivity contribution in [2.24, 2.45) is 11.8 Å². The Morgan fingerprint density at radius 2 is 1.13 bits per heavy atom. The average Bonchev–Trinajstić information content (AvgIpc) is 3.73. The smallest absolute Gasteiger partial charge is 0.102 e. The van der Waals surface area contributed by atoms with E-state index >= 15 is 0 Å². The van der Waals surface area contributed by atoms with E-state index < -0.39 is 0 Å². The maximum Gasteiger partial charge on any atom is 0.102 e. The fourth-order valence-corrected chi connectivity index (χ4v) is 13.8. The number of anilines is 2. The summed E-state index contributed by atoms with van der Waals surface area (Å²) in [4.78, 5) is 5.55. The predicted molar refractivity (Wildman–Crippen MR) is 180 cm³/mol. The zero-order valence-electron chi connectivity index (χ0n) is 27.1. The van der Waals surface area contributed by atoms with Crippen LogP contribution in [0.1, 0.15) is 36.8 Å². The second kappa shape index (κ2) is 8.46. The third-order valence-electron chi connectivity index (χ3n) is 15.3. The van der Waals surface area contributed by atoms with E-state index in [1.165, 1.54) is 48.5 Å². The molecule has 6 nitrogen and oxygen atoms in total. The topological polar surface area (TPSA) is 46.9 Å². The molecule has 10 atom stereocenters. The second-order valence-corrected chi connectivity index (χ2v) is 16.7. The number of benzene rings is 2. The first-order chi connectivity index (χ1) is 22.4. The number of para-hydroxylation sites is 2. The lowest BCUT2D eigenvalue weighted by molar-refractivity contribution is -0.924. The Kier molecular flexibility index (Phi) is 4.94. The Morgan fingerprint density at radius 3 is 1.57 bits per heavy atom. The number of quaternary nitrogens is 2. The van der Waals surface area contributed by atoms with Crippen molar-refractivity contribution in [2.45, 2.75) is 60.7 Å². The third-order valence-corrected chi connectivity index (χ3v) is 15.3. The summed E-state index contributed by atoms with van der Waals surface area (Å²) < 4.78 is 2.18. The molecule has 6 heteroatoms. The summed E-state index contributed by atoms with van der Waals surface area (Å²) in [5.74, 6) is 0.709. The molecular formula is C40H46N4O2+2. The lowest BCUT2D eigenvalue weighted by atomic mass is 9.56. The molecule has 2 N–H and O–H groups in total. The maximum absolute atomic E-state index is 10.3. The van der Waals surface area contributed by atoms with Gasteiger partial charge >= 0.3 is 0 Å². The van der Waals surface area contributed by atoms with Crippen LogP contribution in [0.3, 0.4) is 0 Å². The number of nitrogens with zero attached hydrogens (tertiary/aromatic N) is 4. The fourth-order valence-electron chi connectivity index (χ4n) is 13.8. The maximum atomic E-state index is 10.3. The molecule has 2 spiro atoms. The van der Waals surface area contributed by atoms with E-state index in [4.69, 9.17) is 0 Å². The number of hydrogen-bond donors (Lipinski definition) is 2. The molecule has 0 aromatic heterocycles. The summed E-state index contributed by atoms with van der Waals surface area (Å²) in [6.07, 6.45) is 14.4. The molecule has 6 fully saturated rings. The second-order valence-electron chi connectivity index (χ2n) is 16.7. The van der Waals surface area contributed by atoms with Gasteiger partial charge in [-0.3, -0.25) is 0 Å². The molecule has 2 aromatic rings. The number of likely N-dealkylation sites (N-methyl/N-ethyl adjacent to an activating group) is 2. The van der Waals surface area contributed by atoms with Crippen LogP contribution in [0.5, 0.6) is 0 Å². The summed E-state index contributed by atoms with van der Waals surface area (Å²) in [7, 11) is 5.01. The summed E-state index contributed by atoms with van der Waals surface area (Å²) in [5, 5.41) is 20.6. The largest absolute Gasteiger partial charge is 0.392 e. The van der Waals surface area contributed by atoms with Crippen LogP contribution < -0.4 is 9.80 Å². The summed E-state index contributed by atoms with van der Waals surface area (Å²) >= 11 is 0. The van der Waals surface area contributed by atoms with Gasteiger partial charge in [-0.15, -0.1) is 0 Å². The molecule has 4 saturated heterocycles. The highest BCUT2D eigenvalue weighted by molar-refractivity contribution is 5.77. The van der Waals surface area contributed by atoms with Gasteiger partial charge in [-0.25, -0.2) is 0 Å². The number of piperidine rings is 2. The normalized spacial score (nSPS) is 48.6. The van der Waals surface area contributed by atoms with E-state index in [0.717, 1.165) is 34.9 Å². The zero-order chi connectivity index (χ0) is 30.8. The van der Waals surface area contributed by atoms with Gasteiger partial charge in [0.1, 0.15) is 25.2 Å². The molecular weight excluding hydrogens is 568 g/mol. The Morgan fingerprint density at radius 1 is 0.696 bits per heavy atom. The minimum absolute atomic E-state index is 0.0790. The van der Waals surface area contributed by atoms with Gasteiger partial charge in [0.05, 0.1) is 63.3 Å². The SMILES string of the molecule is C[N@@+]12CC[C@@]34c5ccccc5N5/C=C6/[C@H]7C[C@H]8[C@@]9(CC[N@@+]8(C)C/C7=C\CO)c7ccccc7N(/C=C(/[C@@H](C[C@@H]31)/C(=C/CO)C2)[C@H]54)[C@@H]69. The van der Waals surface area contributed by atoms with Crippen LogP contribution in [0, 0.1) is 11.8 Å². The summed E-state index contributed by atoms with van der Waals surface area (Å²) in [5.41, 5.74) is 12.1. The van der Waals surface area contributed by atoms with Crippen molar-refractivity contribution in [3.63, 3.8) is 0 Å². The van der Waals surface area contributed by atoms with Crippen molar-refractivity contribution >= 4 is 11.4 Å². The highest BCUT2D eigenvalue weighted by atomic mass is 16.3.